The number of nitrogens with one attached hydrogen (secondary N) is 1. The highest BCUT2D eigenvalue weighted by Crippen LogP contribution is 2.30. The van der Waals surface area contributed by atoms with Gasteiger partial charge in [0.1, 0.15) is 11.7 Å². The second-order valence-electron chi connectivity index (χ2n) is 4.58. The molecule has 1 aromatic heterocycles. The number of pyridine rings is 1. The Bertz CT molecular complexity index is 453. The van der Waals surface area contributed by atoms with Gasteiger partial charge in [-0.25, -0.2) is 4.98 Å². The average Bonchev–Trinajstić information content (AvgIpc) is 2.94. The van der Waals surface area contributed by atoms with Crippen LogP contribution in [0, 0.1) is 4.91 Å². The molecule has 2 bridgehead atoms. The van der Waals surface area contributed by atoms with Crippen molar-refractivity contribution < 1.29 is 0 Å². The Morgan fingerprint density at radius 3 is 3.18 bits per heavy atom. The maximum atomic E-state index is 10.3. The molecule has 90 valence electrons. The lowest BCUT2D eigenvalue weighted by Gasteiger charge is -2.29. The lowest BCUT2D eigenvalue weighted by molar-refractivity contribution is 0.579. The topological polar surface area (TPSA) is 57.6 Å². The number of piperazine rings is 1. The lowest BCUT2D eigenvalue weighted by Crippen LogP contribution is -2.43. The van der Waals surface area contributed by atoms with Crippen molar-refractivity contribution in [2.75, 3.05) is 18.0 Å². The van der Waals surface area contributed by atoms with Crippen molar-refractivity contribution in [3.8, 4) is 0 Å². The van der Waals surface area contributed by atoms with Gasteiger partial charge < -0.3 is 10.2 Å². The van der Waals surface area contributed by atoms with Crippen molar-refractivity contribution in [1.29, 1.82) is 0 Å². The van der Waals surface area contributed by atoms with E-state index in [9.17, 15) is 4.91 Å². The summed E-state index contributed by atoms with van der Waals surface area (Å²) < 4.78 is 0. The Kier molecular flexibility index (Phi) is 2.72. The molecule has 17 heavy (non-hydrogen) atoms. The summed E-state index contributed by atoms with van der Waals surface area (Å²) in [6.07, 6.45) is 2.96. The number of anilines is 1. The smallest absolute Gasteiger partial charge is 0.134 e. The summed E-state index contributed by atoms with van der Waals surface area (Å²) in [5.41, 5.74) is 1.75. The molecule has 0 amide bonds. The third-order valence-electron chi connectivity index (χ3n) is 3.52. The summed E-state index contributed by atoms with van der Waals surface area (Å²) in [5, 5.41) is 6.70. The number of hydrogen-bond acceptors (Lipinski definition) is 5. The minimum Gasteiger partial charge on any atom is -0.364 e. The number of fused-ring (bicyclic) bond motifs is 2. The van der Waals surface area contributed by atoms with Gasteiger partial charge in [0.15, 0.2) is 0 Å². The summed E-state index contributed by atoms with van der Waals surface area (Å²) in [7, 11) is 0. The zero-order valence-electron chi connectivity index (χ0n) is 9.27. The molecule has 5 nitrogen and oxygen atoms in total. The summed E-state index contributed by atoms with van der Waals surface area (Å²) in [6, 6.07) is 3.06. The second kappa shape index (κ2) is 4.23. The number of hydrogen-bond donors (Lipinski definition) is 1. The van der Waals surface area contributed by atoms with Crippen LogP contribution in [0.2, 0.25) is 5.15 Å². The number of nitroso groups, excluding NO2 is 1. The molecule has 2 saturated heterocycles. The van der Waals surface area contributed by atoms with E-state index in [2.05, 4.69) is 20.4 Å². The Hall–Kier alpha value is -1.20. The van der Waals surface area contributed by atoms with Gasteiger partial charge in [0.25, 0.3) is 0 Å². The zero-order valence-corrected chi connectivity index (χ0v) is 10.0. The monoisotopic (exact) mass is 252 g/mol. The number of halogens is 1. The standard InChI is InChI=1S/C11H13ClN4O/c12-11-7(3-15-17)1-9(5-14-11)16-6-8-2-10(16)4-13-8/h1,5,8,10,13H,2-4,6H2/t8-,10-/m1/s1. The van der Waals surface area contributed by atoms with E-state index in [0.717, 1.165) is 18.8 Å². The van der Waals surface area contributed by atoms with E-state index in [1.807, 2.05) is 6.07 Å². The van der Waals surface area contributed by atoms with Crippen molar-refractivity contribution in [3.05, 3.63) is 27.9 Å². The van der Waals surface area contributed by atoms with Crippen molar-refractivity contribution in [2.45, 2.75) is 25.0 Å². The van der Waals surface area contributed by atoms with E-state index in [4.69, 9.17) is 11.6 Å². The van der Waals surface area contributed by atoms with Crippen LogP contribution < -0.4 is 10.2 Å². The largest absolute Gasteiger partial charge is 0.364 e. The van der Waals surface area contributed by atoms with E-state index in [0.29, 0.717) is 22.8 Å². The van der Waals surface area contributed by atoms with Crippen LogP contribution in [0.4, 0.5) is 5.69 Å². The average molecular weight is 253 g/mol. The van der Waals surface area contributed by atoms with Gasteiger partial charge in [-0.1, -0.05) is 16.8 Å². The molecule has 2 fully saturated rings. The fourth-order valence-corrected chi connectivity index (χ4v) is 2.86. The molecule has 1 aromatic rings. The third kappa shape index (κ3) is 1.89. The minimum absolute atomic E-state index is 0.0832. The van der Waals surface area contributed by atoms with Crippen molar-refractivity contribution >= 4 is 17.3 Å². The first kappa shape index (κ1) is 10.9. The number of nitrogens with zero attached hydrogens (tertiary/aromatic N) is 3. The molecule has 0 radical (unpaired) electrons. The molecule has 0 unspecified atom stereocenters. The molecule has 2 atom stereocenters. The molecule has 0 saturated carbocycles. The highest BCUT2D eigenvalue weighted by Gasteiger charge is 2.37. The van der Waals surface area contributed by atoms with Crippen molar-refractivity contribution in [3.63, 3.8) is 0 Å². The quantitative estimate of drug-likeness (QED) is 0.655. The highest BCUT2D eigenvalue weighted by atomic mass is 35.5. The van der Waals surface area contributed by atoms with E-state index < -0.39 is 0 Å². The Morgan fingerprint density at radius 1 is 1.65 bits per heavy atom. The predicted octanol–water partition coefficient (Wildman–Crippen LogP) is 1.55. The van der Waals surface area contributed by atoms with Gasteiger partial charge in [-0.05, 0) is 12.5 Å². The third-order valence-corrected chi connectivity index (χ3v) is 3.86. The van der Waals surface area contributed by atoms with Gasteiger partial charge in [0.05, 0.1) is 11.9 Å². The molecular formula is C11H13ClN4O. The van der Waals surface area contributed by atoms with Crippen LogP contribution >= 0.6 is 11.6 Å². The van der Waals surface area contributed by atoms with Crippen LogP contribution in [-0.2, 0) is 6.54 Å². The van der Waals surface area contributed by atoms with Crippen LogP contribution in [0.15, 0.2) is 17.4 Å². The Labute approximate surface area is 104 Å². The predicted molar refractivity (Wildman–Crippen MR) is 66.3 cm³/mol. The van der Waals surface area contributed by atoms with Crippen molar-refractivity contribution in [2.24, 2.45) is 5.18 Å². The molecule has 0 aromatic carbocycles. The number of rotatable bonds is 3. The van der Waals surface area contributed by atoms with Gasteiger partial charge in [-0.15, -0.1) is 0 Å². The van der Waals surface area contributed by atoms with E-state index in [1.165, 1.54) is 6.42 Å². The second-order valence-corrected chi connectivity index (χ2v) is 4.94. The summed E-state index contributed by atoms with van der Waals surface area (Å²) in [6.45, 7) is 2.11. The normalized spacial score (nSPS) is 26.5. The fraction of sp³-hybridized carbons (Fsp3) is 0.545. The van der Waals surface area contributed by atoms with Crippen molar-refractivity contribution in [1.82, 2.24) is 10.3 Å². The SMILES string of the molecule is O=NCc1cc(N2C[C@H]3C[C@@H]2CN3)cnc1Cl. The number of aromatic nitrogens is 1. The van der Waals surface area contributed by atoms with E-state index >= 15 is 0 Å². The van der Waals surface area contributed by atoms with Crippen LogP contribution in [0.5, 0.6) is 0 Å². The molecule has 0 spiro atoms. The Balaban J connectivity index is 1.88. The maximum absolute atomic E-state index is 10.3. The molecular weight excluding hydrogens is 240 g/mol. The zero-order chi connectivity index (χ0) is 11.8. The molecule has 3 heterocycles. The van der Waals surface area contributed by atoms with Crippen LogP contribution in [0.25, 0.3) is 0 Å². The highest BCUT2D eigenvalue weighted by molar-refractivity contribution is 6.30. The molecule has 6 heteroatoms. The van der Waals surface area contributed by atoms with Gasteiger partial charge in [-0.3, -0.25) is 0 Å². The minimum atomic E-state index is 0.0832. The first-order chi connectivity index (χ1) is 8.28. The van der Waals surface area contributed by atoms with Gasteiger partial charge in [0, 0.05) is 30.7 Å². The van der Waals surface area contributed by atoms with E-state index in [-0.39, 0.29) is 6.54 Å². The maximum Gasteiger partial charge on any atom is 0.134 e. The molecule has 0 aliphatic carbocycles. The summed E-state index contributed by atoms with van der Waals surface area (Å²) >= 11 is 5.92. The van der Waals surface area contributed by atoms with Gasteiger partial charge in [-0.2, -0.15) is 4.91 Å². The first-order valence-corrected chi connectivity index (χ1v) is 6.09. The molecule has 3 rings (SSSR count). The lowest BCUT2D eigenvalue weighted by atomic mass is 10.2. The fourth-order valence-electron chi connectivity index (χ4n) is 2.70. The molecule has 2 aliphatic rings. The summed E-state index contributed by atoms with van der Waals surface area (Å²) in [4.78, 5) is 16.8. The Morgan fingerprint density at radius 2 is 2.53 bits per heavy atom. The first-order valence-electron chi connectivity index (χ1n) is 5.71. The van der Waals surface area contributed by atoms with Gasteiger partial charge in [0.2, 0.25) is 0 Å². The van der Waals surface area contributed by atoms with E-state index in [1.54, 1.807) is 6.20 Å². The van der Waals surface area contributed by atoms with Gasteiger partial charge >= 0.3 is 0 Å². The van der Waals surface area contributed by atoms with Crippen LogP contribution in [0.1, 0.15) is 12.0 Å². The van der Waals surface area contributed by atoms with Crippen LogP contribution in [-0.4, -0.2) is 30.2 Å². The summed E-state index contributed by atoms with van der Waals surface area (Å²) in [5.74, 6) is 0. The molecule has 2 aliphatic heterocycles. The van der Waals surface area contributed by atoms with Crippen LogP contribution in [0.3, 0.4) is 0 Å². The molecule has 1 N–H and O–H groups in total.